The molecule has 14 heavy (non-hydrogen) atoms. The highest BCUT2D eigenvalue weighted by molar-refractivity contribution is 6.00. The van der Waals surface area contributed by atoms with Crippen LogP contribution in [-0.4, -0.2) is 29.6 Å². The van der Waals surface area contributed by atoms with Crippen molar-refractivity contribution in [2.75, 3.05) is 6.54 Å². The molecule has 1 aliphatic carbocycles. The van der Waals surface area contributed by atoms with Crippen LogP contribution in [0.3, 0.4) is 0 Å². The monoisotopic (exact) mass is 200 g/mol. The number of rotatable bonds is 4. The minimum absolute atomic E-state index is 0.500. The van der Waals surface area contributed by atoms with E-state index in [1.807, 2.05) is 0 Å². The zero-order chi connectivity index (χ0) is 10.6. The van der Waals surface area contributed by atoms with Crippen molar-refractivity contribution in [1.29, 1.82) is 0 Å². The molecule has 0 aromatic rings. The lowest BCUT2D eigenvalue weighted by Crippen LogP contribution is -2.47. The molecule has 0 heterocycles. The molecule has 1 unspecified atom stereocenters. The van der Waals surface area contributed by atoms with E-state index < -0.39 is 17.9 Å². The van der Waals surface area contributed by atoms with Crippen LogP contribution in [0.5, 0.6) is 0 Å². The lowest BCUT2D eigenvalue weighted by Gasteiger charge is -2.12. The summed E-state index contributed by atoms with van der Waals surface area (Å²) in [7, 11) is 0. The maximum Gasteiger partial charge on any atom is 0.330 e. The first-order chi connectivity index (χ1) is 6.61. The van der Waals surface area contributed by atoms with Gasteiger partial charge in [-0.15, -0.1) is 0 Å². The Kier molecular flexibility index (Phi) is 3.88. The van der Waals surface area contributed by atoms with Crippen molar-refractivity contribution in [3.8, 4) is 0 Å². The molecular weight excluding hydrogens is 184 g/mol. The summed E-state index contributed by atoms with van der Waals surface area (Å²) in [6.07, 6.45) is 4.63. The molecule has 1 aliphatic rings. The number of aliphatic carboxylic acids is 1. The van der Waals surface area contributed by atoms with E-state index in [2.05, 4.69) is 5.32 Å². The van der Waals surface area contributed by atoms with Crippen molar-refractivity contribution in [2.24, 2.45) is 11.7 Å². The van der Waals surface area contributed by atoms with Crippen molar-refractivity contribution in [3.05, 3.63) is 0 Å². The number of carboxylic acid groups (broad SMARTS) is 1. The third-order valence-corrected chi connectivity index (χ3v) is 2.59. The molecular formula is C9H16N2O3. The SMILES string of the molecule is NC(C(=O)O)C(=O)NCC1CCCC1. The molecule has 5 heteroatoms. The van der Waals surface area contributed by atoms with Crippen molar-refractivity contribution < 1.29 is 14.7 Å². The minimum Gasteiger partial charge on any atom is -0.480 e. The van der Waals surface area contributed by atoms with Gasteiger partial charge in [0.1, 0.15) is 0 Å². The Morgan fingerprint density at radius 2 is 2.00 bits per heavy atom. The molecule has 1 saturated carbocycles. The first kappa shape index (κ1) is 11.0. The molecule has 1 rings (SSSR count). The Labute approximate surface area is 82.7 Å². The van der Waals surface area contributed by atoms with Crippen molar-refractivity contribution in [3.63, 3.8) is 0 Å². The van der Waals surface area contributed by atoms with Gasteiger partial charge >= 0.3 is 5.97 Å². The van der Waals surface area contributed by atoms with Gasteiger partial charge in [0.25, 0.3) is 0 Å². The molecule has 1 amide bonds. The van der Waals surface area contributed by atoms with E-state index in [0.717, 1.165) is 12.8 Å². The Morgan fingerprint density at radius 1 is 1.43 bits per heavy atom. The summed E-state index contributed by atoms with van der Waals surface area (Å²) in [5.74, 6) is -1.38. The van der Waals surface area contributed by atoms with Crippen LogP contribution in [0.4, 0.5) is 0 Å². The second kappa shape index (κ2) is 4.95. The number of hydrogen-bond acceptors (Lipinski definition) is 3. The second-order valence-corrected chi connectivity index (χ2v) is 3.71. The molecule has 80 valence electrons. The summed E-state index contributed by atoms with van der Waals surface area (Å²) in [5, 5.41) is 11.0. The number of carboxylic acids is 1. The fraction of sp³-hybridized carbons (Fsp3) is 0.778. The highest BCUT2D eigenvalue weighted by Gasteiger charge is 2.22. The summed E-state index contributed by atoms with van der Waals surface area (Å²) in [6.45, 7) is 0.555. The highest BCUT2D eigenvalue weighted by atomic mass is 16.4. The summed E-state index contributed by atoms with van der Waals surface area (Å²) >= 11 is 0. The summed E-state index contributed by atoms with van der Waals surface area (Å²) < 4.78 is 0. The van der Waals surface area contributed by atoms with Crippen LogP contribution in [0.25, 0.3) is 0 Å². The predicted molar refractivity (Wildman–Crippen MR) is 50.6 cm³/mol. The highest BCUT2D eigenvalue weighted by Crippen LogP contribution is 2.23. The topological polar surface area (TPSA) is 92.4 Å². The number of carbonyl (C=O) groups excluding carboxylic acids is 1. The van der Waals surface area contributed by atoms with E-state index in [4.69, 9.17) is 10.8 Å². The molecule has 5 nitrogen and oxygen atoms in total. The molecule has 0 saturated heterocycles. The zero-order valence-corrected chi connectivity index (χ0v) is 8.03. The largest absolute Gasteiger partial charge is 0.480 e. The average Bonchev–Trinajstić information content (AvgIpc) is 2.65. The third kappa shape index (κ3) is 2.99. The molecule has 0 bridgehead atoms. The molecule has 0 spiro atoms. The Bertz CT molecular complexity index is 224. The van der Waals surface area contributed by atoms with Crippen LogP contribution in [0.15, 0.2) is 0 Å². The van der Waals surface area contributed by atoms with E-state index >= 15 is 0 Å². The summed E-state index contributed by atoms with van der Waals surface area (Å²) in [5.41, 5.74) is 5.13. The quantitative estimate of drug-likeness (QED) is 0.543. The molecule has 4 N–H and O–H groups in total. The van der Waals surface area contributed by atoms with E-state index in [0.29, 0.717) is 12.5 Å². The minimum atomic E-state index is -1.43. The summed E-state index contributed by atoms with van der Waals surface area (Å²) in [4.78, 5) is 21.5. The molecule has 0 aromatic heterocycles. The van der Waals surface area contributed by atoms with Gasteiger partial charge in [0.15, 0.2) is 6.04 Å². The smallest absolute Gasteiger partial charge is 0.330 e. The summed E-state index contributed by atoms with van der Waals surface area (Å²) in [6, 6.07) is -1.43. The number of nitrogens with two attached hydrogens (primary N) is 1. The normalized spacial score (nSPS) is 19.2. The van der Waals surface area contributed by atoms with Gasteiger partial charge in [-0.1, -0.05) is 12.8 Å². The van der Waals surface area contributed by atoms with Gasteiger partial charge in [-0.05, 0) is 18.8 Å². The van der Waals surface area contributed by atoms with Crippen molar-refractivity contribution in [2.45, 2.75) is 31.7 Å². The first-order valence-corrected chi connectivity index (χ1v) is 4.87. The van der Waals surface area contributed by atoms with Crippen LogP contribution in [-0.2, 0) is 9.59 Å². The van der Waals surface area contributed by atoms with Crippen molar-refractivity contribution in [1.82, 2.24) is 5.32 Å². The number of hydrogen-bond donors (Lipinski definition) is 3. The van der Waals surface area contributed by atoms with Gasteiger partial charge < -0.3 is 16.2 Å². The standard InChI is InChI=1S/C9H16N2O3/c10-7(9(13)14)8(12)11-5-6-3-1-2-4-6/h6-7H,1-5,10H2,(H,11,12)(H,13,14). The number of carbonyl (C=O) groups is 2. The molecule has 0 radical (unpaired) electrons. The van der Waals surface area contributed by atoms with E-state index in [-0.39, 0.29) is 0 Å². The maximum atomic E-state index is 11.1. The second-order valence-electron chi connectivity index (χ2n) is 3.71. The maximum absolute atomic E-state index is 11.1. The first-order valence-electron chi connectivity index (χ1n) is 4.87. The van der Waals surface area contributed by atoms with Crippen LogP contribution in [0.2, 0.25) is 0 Å². The van der Waals surface area contributed by atoms with Crippen LogP contribution < -0.4 is 11.1 Å². The van der Waals surface area contributed by atoms with E-state index in [1.54, 1.807) is 0 Å². The third-order valence-electron chi connectivity index (χ3n) is 2.59. The average molecular weight is 200 g/mol. The van der Waals surface area contributed by atoms with Gasteiger partial charge in [0, 0.05) is 6.54 Å². The van der Waals surface area contributed by atoms with Gasteiger partial charge in [-0.2, -0.15) is 0 Å². The van der Waals surface area contributed by atoms with E-state index in [9.17, 15) is 9.59 Å². The molecule has 1 atom stereocenters. The fourth-order valence-corrected chi connectivity index (χ4v) is 1.68. The van der Waals surface area contributed by atoms with E-state index in [1.165, 1.54) is 12.8 Å². The van der Waals surface area contributed by atoms with Gasteiger partial charge in [0.05, 0.1) is 0 Å². The van der Waals surface area contributed by atoms with Gasteiger partial charge in [-0.3, -0.25) is 4.79 Å². The lowest BCUT2D eigenvalue weighted by atomic mass is 10.1. The van der Waals surface area contributed by atoms with Crippen LogP contribution in [0.1, 0.15) is 25.7 Å². The fourth-order valence-electron chi connectivity index (χ4n) is 1.68. The molecule has 0 aliphatic heterocycles. The van der Waals surface area contributed by atoms with Gasteiger partial charge in [-0.25, -0.2) is 4.79 Å². The Hall–Kier alpha value is -1.10. The number of amides is 1. The molecule has 1 fully saturated rings. The van der Waals surface area contributed by atoms with Crippen molar-refractivity contribution >= 4 is 11.9 Å². The zero-order valence-electron chi connectivity index (χ0n) is 8.03. The lowest BCUT2D eigenvalue weighted by molar-refractivity contribution is -0.142. The Morgan fingerprint density at radius 3 is 2.50 bits per heavy atom. The number of nitrogens with one attached hydrogen (secondary N) is 1. The predicted octanol–water partition coefficient (Wildman–Crippen LogP) is -0.295. The molecule has 0 aromatic carbocycles. The Balaban J connectivity index is 2.23. The van der Waals surface area contributed by atoms with Crippen LogP contribution >= 0.6 is 0 Å². The van der Waals surface area contributed by atoms with Gasteiger partial charge in [0.2, 0.25) is 5.91 Å². The van der Waals surface area contributed by atoms with Crippen LogP contribution in [0, 0.1) is 5.92 Å².